The van der Waals surface area contributed by atoms with Crippen molar-refractivity contribution in [1.29, 1.82) is 0 Å². The van der Waals surface area contributed by atoms with Gasteiger partial charge in [0, 0.05) is 150 Å². The van der Waals surface area contributed by atoms with Gasteiger partial charge in [0.25, 0.3) is 0 Å². The van der Waals surface area contributed by atoms with Crippen LogP contribution in [0.3, 0.4) is 0 Å². The largest absolute Gasteiger partial charge is 0.395 e. The van der Waals surface area contributed by atoms with Crippen LogP contribution in [0, 0.1) is 0 Å². The van der Waals surface area contributed by atoms with Gasteiger partial charge in [-0.2, -0.15) is 11.8 Å². The van der Waals surface area contributed by atoms with E-state index in [4.69, 9.17) is 41.5 Å². The zero-order valence-electron chi connectivity index (χ0n) is 37.4. The lowest BCUT2D eigenvalue weighted by Crippen LogP contribution is -2.39. The van der Waals surface area contributed by atoms with E-state index in [0.717, 1.165) is 23.4 Å². The van der Waals surface area contributed by atoms with Crippen molar-refractivity contribution < 1.29 is 75.1 Å². The van der Waals surface area contributed by atoms with Gasteiger partial charge >= 0.3 is 0 Å². The Hall–Kier alpha value is 3.52. The highest BCUT2D eigenvalue weighted by Gasteiger charge is 2.20. The van der Waals surface area contributed by atoms with E-state index in [1.165, 1.54) is 31.7 Å². The summed E-state index contributed by atoms with van der Waals surface area (Å²) in [5, 5.41) is 70.9. The second-order valence-electron chi connectivity index (χ2n) is 12.1. The van der Waals surface area contributed by atoms with E-state index in [1.54, 1.807) is 11.8 Å². The second-order valence-corrected chi connectivity index (χ2v) is 36.4. The van der Waals surface area contributed by atoms with Crippen LogP contribution in [0.15, 0.2) is 0 Å². The van der Waals surface area contributed by atoms with E-state index in [-0.39, 0.29) is 51.8 Å². The highest BCUT2D eigenvalue weighted by molar-refractivity contribution is 8.29. The van der Waals surface area contributed by atoms with Crippen LogP contribution in [0.2, 0.25) is 0 Å². The van der Waals surface area contributed by atoms with Gasteiger partial charge in [-0.25, -0.2) is 0 Å². The van der Waals surface area contributed by atoms with Gasteiger partial charge in [0.05, 0.1) is 64.8 Å². The number of hydrogen-bond donors (Lipinski definition) is 10. The van der Waals surface area contributed by atoms with Crippen molar-refractivity contribution >= 4 is 180 Å². The minimum Gasteiger partial charge on any atom is -0.395 e. The minimum atomic E-state index is -1.65. The third kappa shape index (κ3) is 55.3. The highest BCUT2D eigenvalue weighted by atomic mass is 32.3. The van der Waals surface area contributed by atoms with Crippen molar-refractivity contribution in [3.05, 3.63) is 0 Å². The van der Waals surface area contributed by atoms with Crippen LogP contribution in [0.5, 0.6) is 0 Å². The van der Waals surface area contributed by atoms with Crippen molar-refractivity contribution in [2.24, 2.45) is 0 Å². The van der Waals surface area contributed by atoms with E-state index in [0.29, 0.717) is 41.9 Å². The molecule has 20 nitrogen and oxygen atoms in total. The Kier molecular flexibility index (Phi) is 66.6. The normalized spacial score (nSPS) is 19.9. The molecule has 404 valence electrons. The summed E-state index contributed by atoms with van der Waals surface area (Å²) in [4.78, 5) is 4.01. The lowest BCUT2D eigenvalue weighted by molar-refractivity contribution is -0.176. The molecule has 0 amide bonds. The van der Waals surface area contributed by atoms with Crippen molar-refractivity contribution in [1.82, 2.24) is 20.4 Å². The first-order valence-electron chi connectivity index (χ1n) is 18.7. The molecule has 0 radical (unpaired) electrons. The van der Waals surface area contributed by atoms with Crippen LogP contribution in [0.1, 0.15) is 13.8 Å². The lowest BCUT2D eigenvalue weighted by atomic mass is 10.6. The zero-order chi connectivity index (χ0) is 51.0. The molecule has 66 heavy (non-hydrogen) atoms. The molecule has 0 aromatic carbocycles. The molecule has 2 heterocycles. The molecule has 0 bridgehead atoms. The summed E-state index contributed by atoms with van der Waals surface area (Å²) in [5.74, 6) is 3.08. The fraction of sp³-hybridized carbons (Fsp3) is 1.00. The third-order valence-electron chi connectivity index (χ3n) is 6.38. The Morgan fingerprint density at radius 2 is 1.03 bits per heavy atom. The maximum absolute atomic E-state index is 11.9. The summed E-state index contributed by atoms with van der Waals surface area (Å²) in [5.41, 5.74) is 0. The summed E-state index contributed by atoms with van der Waals surface area (Å²) in [6.45, 7) is 6.48. The summed E-state index contributed by atoms with van der Waals surface area (Å²) in [6, 6.07) is 0. The Balaban J connectivity index is -0.000000400. The first-order chi connectivity index (χ1) is 31.6. The van der Waals surface area contributed by atoms with Gasteiger partial charge in [-0.3, -0.25) is 64.5 Å². The number of aliphatic hydroxyl groups excluding tert-OH is 4. The standard InChI is InChI=1S/C10H23NO7S6.C10H23NOS6.C5H11NO3S2.C5H11NOS2.2H2O2/c1-10(11-3-4-12)24(18)9-23(17)8-22(16)7-21(15)6-20(14)5-19(2)13;1-10(11-3-4-12)18-9-17-8-16-7-15-6-14-5-13-2;7-2-1-6-3-10(8)5-11(9)4-6;7-2-1-6-3-8-5-9-4-6;2*1-2/h10-12H,3-9H2,1-2H3;10-12H,3-9H2,1-2H3;7H,1-5H2;7H,1-5H2;2*1-2H/t10-,19-,20?,21?,22?,23?,24?;10-;;;;/m00..../s1. The molecule has 36 heteroatoms. The van der Waals surface area contributed by atoms with E-state index in [9.17, 15) is 33.7 Å². The smallest absolute Gasteiger partial charge is 0.102 e. The van der Waals surface area contributed by atoms with Gasteiger partial charge in [-0.1, -0.05) is 0 Å². The van der Waals surface area contributed by atoms with Crippen LogP contribution >= 0.6 is 94.1 Å². The number of β-amino-alcohol motifs (C(OH)–C–C–N with tert-alkyl or cyclic N) is 2. The zero-order valence-corrected chi connectivity index (χ0v) is 50.5. The number of nitrogens with zero attached hydrogens (tertiary/aromatic N) is 2. The first-order valence-corrected chi connectivity index (χ1v) is 40.1. The average Bonchev–Trinajstić information content (AvgIpc) is 3.27. The van der Waals surface area contributed by atoms with Gasteiger partial charge in [-0.05, 0) is 20.1 Å². The predicted molar refractivity (Wildman–Crippen MR) is 303 cm³/mol. The van der Waals surface area contributed by atoms with Gasteiger partial charge in [-0.15, -0.1) is 82.3 Å². The minimum absolute atomic E-state index is 0.0361. The molecule has 0 aromatic rings. The molecule has 10 atom stereocenters. The summed E-state index contributed by atoms with van der Waals surface area (Å²) >= 11 is 15.7. The molecule has 7 unspecified atom stereocenters. The predicted octanol–water partition coefficient (Wildman–Crippen LogP) is 0.887. The molecule has 0 aromatic heterocycles. The maximum atomic E-state index is 11.9. The maximum Gasteiger partial charge on any atom is 0.102 e. The van der Waals surface area contributed by atoms with E-state index < -0.39 is 91.8 Å². The molecule has 2 aliphatic rings. The highest BCUT2D eigenvalue weighted by Crippen LogP contribution is 2.25. The van der Waals surface area contributed by atoms with E-state index >= 15 is 0 Å². The monoisotopic (exact) mass is 1260 g/mol. The van der Waals surface area contributed by atoms with Crippen molar-refractivity contribution in [3.63, 3.8) is 0 Å². The Bertz CT molecular complexity index is 1290. The number of hydrogen-bond acceptors (Lipinski definition) is 28. The molecule has 0 aliphatic carbocycles. The molecule has 0 saturated carbocycles. The summed E-state index contributed by atoms with van der Waals surface area (Å²) < 4.78 is 91.5. The molecular formula is C30H72N4O16S16. The quantitative estimate of drug-likeness (QED) is 0.0194. The molecule has 2 rings (SSSR count). The summed E-state index contributed by atoms with van der Waals surface area (Å²) in [6.07, 6.45) is 3.54. The molecule has 10 N–H and O–H groups in total. The van der Waals surface area contributed by atoms with Gasteiger partial charge in [0.15, 0.2) is 0 Å². The van der Waals surface area contributed by atoms with Crippen LogP contribution in [0.4, 0.5) is 0 Å². The first kappa shape index (κ1) is 76.0. The van der Waals surface area contributed by atoms with Crippen molar-refractivity contribution in [2.45, 2.75) is 24.6 Å². The summed E-state index contributed by atoms with van der Waals surface area (Å²) in [7, 11) is -11.1. The number of nitrogens with one attached hydrogen (secondary N) is 2. The van der Waals surface area contributed by atoms with Gasteiger partial charge in [0.2, 0.25) is 0 Å². The van der Waals surface area contributed by atoms with Crippen LogP contribution in [-0.4, -0.2) is 245 Å². The molecule has 2 fully saturated rings. The Morgan fingerprint density at radius 3 is 1.48 bits per heavy atom. The molecule has 2 aliphatic heterocycles. The Morgan fingerprint density at radius 1 is 0.606 bits per heavy atom. The second kappa shape index (κ2) is 57.8. The lowest BCUT2D eigenvalue weighted by Gasteiger charge is -2.24. The van der Waals surface area contributed by atoms with Crippen LogP contribution in [0.25, 0.3) is 0 Å². The Labute approximate surface area is 445 Å². The van der Waals surface area contributed by atoms with Gasteiger partial charge < -0.3 is 31.1 Å². The fourth-order valence-electron chi connectivity index (χ4n) is 3.86. The van der Waals surface area contributed by atoms with Crippen LogP contribution < -0.4 is 10.6 Å². The van der Waals surface area contributed by atoms with Crippen LogP contribution in [-0.2, 0) is 86.4 Å². The average molecular weight is 1260 g/mol. The molecular weight excluding hydrogens is 1190 g/mol. The number of thioether (sulfide) groups is 8. The SMILES string of the molecule is CSCSCSCSCSCS[C@@H](C)NCCO.C[C@@H](NCCO)S(=O)CS(=O)CS(=O)CS(=O)CS(=O)C[S@](C)=O.O=S1CN(CCO)CS(=O)C1.OCCN1CSCSC1.OO.OO. The topological polar surface area (TPSA) is 329 Å². The number of rotatable bonds is 32. The van der Waals surface area contributed by atoms with Crippen molar-refractivity contribution in [3.8, 4) is 0 Å². The third-order valence-corrected chi connectivity index (χ3v) is 31.3. The van der Waals surface area contributed by atoms with Crippen molar-refractivity contribution in [2.75, 3.05) is 150 Å². The molecule has 2 saturated heterocycles. The molecule has 0 spiro atoms. The fourth-order valence-corrected chi connectivity index (χ4v) is 26.9. The van der Waals surface area contributed by atoms with E-state index in [2.05, 4.69) is 28.7 Å². The number of aliphatic hydroxyl groups is 4. The van der Waals surface area contributed by atoms with E-state index in [1.807, 2.05) is 94.1 Å². The van der Waals surface area contributed by atoms with Gasteiger partial charge in [0.1, 0.15) is 25.4 Å².